The van der Waals surface area contributed by atoms with Crippen LogP contribution in [0.3, 0.4) is 0 Å². The number of rotatable bonds is 2. The van der Waals surface area contributed by atoms with Crippen LogP contribution < -0.4 is 0 Å². The zero-order chi connectivity index (χ0) is 25.2. The summed E-state index contributed by atoms with van der Waals surface area (Å²) in [6.45, 7) is 12.2. The van der Waals surface area contributed by atoms with Gasteiger partial charge in [-0.1, -0.05) is 34.6 Å². The third kappa shape index (κ3) is 2.53. The van der Waals surface area contributed by atoms with E-state index in [0.717, 1.165) is 24.8 Å². The fourth-order valence-corrected chi connectivity index (χ4v) is 9.69. The van der Waals surface area contributed by atoms with Crippen LogP contribution in [0.15, 0.2) is 23.0 Å². The van der Waals surface area contributed by atoms with Gasteiger partial charge >= 0.3 is 11.9 Å². The molecule has 190 valence electrons. The van der Waals surface area contributed by atoms with Gasteiger partial charge in [0.1, 0.15) is 23.6 Å². The SMILES string of the molecule is CC(=O)O[C@@H]1C[C@@H]2C(C)(C)C(=O)CC[C@@]2(C)[C@@H]2CC[C@]3(C)[C@H](c4ccoc4)OC(=O)[C@H]4O[C@@]43[C@]12C. The number of hydrogen-bond acceptors (Lipinski definition) is 7. The molecule has 0 unspecified atom stereocenters. The number of carbonyl (C=O) groups excluding carboxylic acids is 3. The van der Waals surface area contributed by atoms with E-state index < -0.39 is 40.2 Å². The Bertz CT molecular complexity index is 1110. The molecule has 1 aromatic heterocycles. The highest BCUT2D eigenvalue weighted by Gasteiger charge is 2.88. The van der Waals surface area contributed by atoms with E-state index in [0.29, 0.717) is 12.8 Å². The molecule has 3 aliphatic carbocycles. The minimum Gasteiger partial charge on any atom is -0.472 e. The third-order valence-electron chi connectivity index (χ3n) is 11.3. The van der Waals surface area contributed by atoms with Gasteiger partial charge in [-0.05, 0) is 49.0 Å². The molecule has 0 radical (unpaired) electrons. The lowest BCUT2D eigenvalue weighted by Crippen LogP contribution is -2.73. The van der Waals surface area contributed by atoms with Crippen LogP contribution >= 0.6 is 0 Å². The van der Waals surface area contributed by atoms with E-state index in [2.05, 4.69) is 34.6 Å². The summed E-state index contributed by atoms with van der Waals surface area (Å²) < 4.78 is 24.0. The van der Waals surface area contributed by atoms with Crippen LogP contribution in [-0.2, 0) is 28.6 Å². The molecule has 9 atom stereocenters. The van der Waals surface area contributed by atoms with E-state index in [4.69, 9.17) is 18.6 Å². The van der Waals surface area contributed by atoms with Crippen molar-refractivity contribution in [3.8, 4) is 0 Å². The third-order valence-corrected chi connectivity index (χ3v) is 11.3. The number of esters is 2. The second kappa shape index (κ2) is 6.78. The Morgan fingerprint density at radius 1 is 1.06 bits per heavy atom. The minimum absolute atomic E-state index is 0.0804. The molecule has 0 amide bonds. The number of cyclic esters (lactones) is 1. The highest BCUT2D eigenvalue weighted by Crippen LogP contribution is 2.80. The van der Waals surface area contributed by atoms with Crippen LogP contribution in [0.1, 0.15) is 85.3 Å². The number of furan rings is 1. The summed E-state index contributed by atoms with van der Waals surface area (Å²) in [5, 5.41) is 0. The van der Waals surface area contributed by atoms with Crippen LogP contribution in [0.2, 0.25) is 0 Å². The van der Waals surface area contributed by atoms with Gasteiger partial charge in [0.05, 0.1) is 12.5 Å². The Balaban J connectivity index is 1.53. The summed E-state index contributed by atoms with van der Waals surface area (Å²) in [6, 6.07) is 1.85. The lowest BCUT2D eigenvalue weighted by atomic mass is 9.35. The molecule has 0 aromatic carbocycles. The topological polar surface area (TPSA) is 95.3 Å². The molecule has 35 heavy (non-hydrogen) atoms. The van der Waals surface area contributed by atoms with E-state index in [1.165, 1.54) is 6.92 Å². The molecule has 7 nitrogen and oxygen atoms in total. The molecule has 0 N–H and O–H groups in total. The maximum Gasteiger partial charge on any atom is 0.339 e. The Kier molecular flexibility index (Phi) is 4.51. The number of hydrogen-bond donors (Lipinski definition) is 0. The number of carbonyl (C=O) groups is 3. The van der Waals surface area contributed by atoms with Gasteiger partial charge < -0.3 is 18.6 Å². The van der Waals surface area contributed by atoms with Gasteiger partial charge in [0.2, 0.25) is 0 Å². The second-order valence-corrected chi connectivity index (χ2v) is 12.9. The van der Waals surface area contributed by atoms with Gasteiger partial charge in [-0.25, -0.2) is 4.79 Å². The van der Waals surface area contributed by atoms with Gasteiger partial charge in [-0.15, -0.1) is 0 Å². The molecule has 2 saturated heterocycles. The Morgan fingerprint density at radius 3 is 2.46 bits per heavy atom. The second-order valence-electron chi connectivity index (χ2n) is 12.9. The average Bonchev–Trinajstić information content (AvgIpc) is 3.35. The molecule has 0 bridgehead atoms. The minimum atomic E-state index is -0.820. The monoisotopic (exact) mass is 484 g/mol. The lowest BCUT2D eigenvalue weighted by Gasteiger charge is -2.69. The first-order valence-corrected chi connectivity index (χ1v) is 12.9. The Labute approximate surface area is 206 Å². The number of fused-ring (bicyclic) bond motifs is 3. The largest absolute Gasteiger partial charge is 0.472 e. The lowest BCUT2D eigenvalue weighted by molar-refractivity contribution is -0.263. The predicted molar refractivity (Wildman–Crippen MR) is 124 cm³/mol. The molecule has 1 aromatic rings. The number of ether oxygens (including phenoxy) is 3. The number of ketones is 1. The van der Waals surface area contributed by atoms with Crippen molar-refractivity contribution in [2.24, 2.45) is 33.5 Å². The van der Waals surface area contributed by atoms with E-state index in [1.807, 2.05) is 6.07 Å². The van der Waals surface area contributed by atoms with Crippen molar-refractivity contribution in [1.29, 1.82) is 0 Å². The summed E-state index contributed by atoms with van der Waals surface area (Å²) in [5.74, 6) is -0.213. The van der Waals surface area contributed by atoms with E-state index in [-0.39, 0.29) is 35.0 Å². The summed E-state index contributed by atoms with van der Waals surface area (Å²) in [7, 11) is 0. The highest BCUT2D eigenvalue weighted by molar-refractivity contribution is 5.86. The first-order chi connectivity index (χ1) is 16.3. The maximum absolute atomic E-state index is 13.3. The van der Waals surface area contributed by atoms with Crippen molar-refractivity contribution < 1.29 is 33.0 Å². The molecule has 3 heterocycles. The van der Waals surface area contributed by atoms with Crippen molar-refractivity contribution in [2.75, 3.05) is 0 Å². The molecule has 2 aliphatic heterocycles. The quantitative estimate of drug-likeness (QED) is 0.440. The van der Waals surface area contributed by atoms with Crippen LogP contribution in [0.25, 0.3) is 0 Å². The Morgan fingerprint density at radius 2 is 1.80 bits per heavy atom. The fraction of sp³-hybridized carbons (Fsp3) is 0.750. The van der Waals surface area contributed by atoms with Crippen molar-refractivity contribution >= 4 is 17.7 Å². The van der Waals surface area contributed by atoms with Gasteiger partial charge in [0.15, 0.2) is 6.10 Å². The molecule has 1 spiro atoms. The van der Waals surface area contributed by atoms with Gasteiger partial charge in [0, 0.05) is 35.2 Å². The van der Waals surface area contributed by atoms with Gasteiger partial charge in [-0.3, -0.25) is 9.59 Å². The zero-order valence-electron chi connectivity index (χ0n) is 21.5. The van der Waals surface area contributed by atoms with Crippen LogP contribution in [-0.4, -0.2) is 35.5 Å². The van der Waals surface area contributed by atoms with Crippen molar-refractivity contribution in [2.45, 2.75) is 97.6 Å². The average molecular weight is 485 g/mol. The standard InChI is InChI=1S/C28H36O7/c1-15(29)33-20-13-18-24(2,3)19(30)8-10-25(18,4)17-7-11-26(5)21(16-9-12-32-14-16)34-23(31)22-28(26,35-22)27(17,20)6/h9,12,14,17-18,20-22H,7-8,10-11,13H2,1-6H3/t17-,18+,20+,21-,22+,25-,26+,27-,28-/m0/s1. The van der Waals surface area contributed by atoms with Crippen molar-refractivity contribution in [1.82, 2.24) is 0 Å². The normalized spacial score (nSPS) is 49.6. The van der Waals surface area contributed by atoms with Gasteiger partial charge in [-0.2, -0.15) is 0 Å². The molecule has 5 fully saturated rings. The van der Waals surface area contributed by atoms with Gasteiger partial charge in [0.25, 0.3) is 0 Å². The molecular formula is C28H36O7. The van der Waals surface area contributed by atoms with E-state index in [9.17, 15) is 14.4 Å². The molecule has 7 heteroatoms. The van der Waals surface area contributed by atoms with Crippen molar-refractivity contribution in [3.63, 3.8) is 0 Å². The zero-order valence-corrected chi connectivity index (χ0v) is 21.5. The first kappa shape index (κ1) is 23.3. The summed E-state index contributed by atoms with van der Waals surface area (Å²) in [5.41, 5.74) is -1.76. The van der Waals surface area contributed by atoms with Crippen LogP contribution in [0.5, 0.6) is 0 Å². The number of Topliss-reactive ketones (excluding diaryl/α,β-unsaturated/α-hetero) is 1. The molecule has 3 saturated carbocycles. The molecule has 5 aliphatic rings. The maximum atomic E-state index is 13.3. The summed E-state index contributed by atoms with van der Waals surface area (Å²) >= 11 is 0. The van der Waals surface area contributed by atoms with Crippen LogP contribution in [0, 0.1) is 33.5 Å². The van der Waals surface area contributed by atoms with Crippen LogP contribution in [0.4, 0.5) is 0 Å². The predicted octanol–water partition coefficient (Wildman–Crippen LogP) is 4.78. The highest BCUT2D eigenvalue weighted by atomic mass is 16.7. The van der Waals surface area contributed by atoms with E-state index >= 15 is 0 Å². The fourth-order valence-electron chi connectivity index (χ4n) is 9.69. The molecule has 6 rings (SSSR count). The summed E-state index contributed by atoms with van der Waals surface area (Å²) in [6.07, 6.45) is 5.22. The first-order valence-electron chi connectivity index (χ1n) is 12.9. The Hall–Kier alpha value is -2.15. The molecular weight excluding hydrogens is 448 g/mol. The summed E-state index contributed by atoms with van der Waals surface area (Å²) in [4.78, 5) is 38.7. The van der Waals surface area contributed by atoms with Crippen molar-refractivity contribution in [3.05, 3.63) is 24.2 Å². The number of epoxide rings is 1. The van der Waals surface area contributed by atoms with E-state index in [1.54, 1.807) is 12.5 Å². The smallest absolute Gasteiger partial charge is 0.339 e.